The second kappa shape index (κ2) is 11.0. The van der Waals surface area contributed by atoms with Gasteiger partial charge < -0.3 is 0 Å². The van der Waals surface area contributed by atoms with Crippen molar-refractivity contribution >= 4 is 54.0 Å². The molecule has 3 nitrogen and oxygen atoms in total. The maximum absolute atomic E-state index is 5.08. The lowest BCUT2D eigenvalue weighted by Gasteiger charge is -2.24. The van der Waals surface area contributed by atoms with Crippen molar-refractivity contribution in [2.45, 2.75) is 9.79 Å². The molecule has 0 amide bonds. The lowest BCUT2D eigenvalue weighted by Crippen LogP contribution is -2.01. The average Bonchev–Trinajstić information content (AvgIpc) is 3.53. The second-order valence-corrected chi connectivity index (χ2v) is 14.1. The zero-order valence-corrected chi connectivity index (χ0v) is 27.2. The molecule has 3 heterocycles. The Balaban J connectivity index is 1.17. The molecule has 5 heteroatoms. The van der Waals surface area contributed by atoms with Crippen molar-refractivity contribution < 1.29 is 0 Å². The smallest absolute Gasteiger partial charge is 0.164 e. The molecule has 0 fully saturated rings. The van der Waals surface area contributed by atoms with Crippen LogP contribution in [-0.4, -0.2) is 15.0 Å². The summed E-state index contributed by atoms with van der Waals surface area (Å²) in [6.45, 7) is 0. The fourth-order valence-corrected chi connectivity index (χ4v) is 9.25. The molecule has 1 aliphatic rings. The first kappa shape index (κ1) is 27.5. The first-order valence-electron chi connectivity index (χ1n) is 15.9. The molecular formula is C43H25N3S2. The summed E-state index contributed by atoms with van der Waals surface area (Å²) >= 11 is 3.71. The van der Waals surface area contributed by atoms with Crippen LogP contribution in [0.25, 0.3) is 87.4 Å². The van der Waals surface area contributed by atoms with E-state index in [0.29, 0.717) is 17.5 Å². The molecule has 0 aliphatic carbocycles. The Morgan fingerprint density at radius 2 is 1.02 bits per heavy atom. The zero-order valence-electron chi connectivity index (χ0n) is 25.6. The van der Waals surface area contributed by atoms with E-state index in [-0.39, 0.29) is 0 Å². The van der Waals surface area contributed by atoms with Crippen LogP contribution in [0.15, 0.2) is 161 Å². The molecular weight excluding hydrogens is 623 g/mol. The predicted octanol–water partition coefficient (Wildman–Crippen LogP) is 12.2. The van der Waals surface area contributed by atoms with E-state index >= 15 is 0 Å². The van der Waals surface area contributed by atoms with Crippen LogP contribution in [0.3, 0.4) is 0 Å². The number of nitrogens with zero attached hydrogens (tertiary/aromatic N) is 3. The third-order valence-electron chi connectivity index (χ3n) is 9.15. The normalized spacial score (nSPS) is 12.1. The quantitative estimate of drug-likeness (QED) is 0.191. The van der Waals surface area contributed by atoms with E-state index in [1.165, 1.54) is 57.6 Å². The van der Waals surface area contributed by atoms with Crippen molar-refractivity contribution in [1.29, 1.82) is 0 Å². The topological polar surface area (TPSA) is 38.7 Å². The summed E-state index contributed by atoms with van der Waals surface area (Å²) in [4.78, 5) is 17.6. The van der Waals surface area contributed by atoms with E-state index in [2.05, 4.69) is 115 Å². The molecule has 224 valence electrons. The molecule has 7 aromatic carbocycles. The molecule has 1 aliphatic heterocycles. The largest absolute Gasteiger partial charge is 0.208 e. The summed E-state index contributed by atoms with van der Waals surface area (Å²) in [6.07, 6.45) is 0. The van der Waals surface area contributed by atoms with Gasteiger partial charge in [-0.05, 0) is 52.4 Å². The Bertz CT molecular complexity index is 2640. The summed E-state index contributed by atoms with van der Waals surface area (Å²) in [5.74, 6) is 2.00. The van der Waals surface area contributed by atoms with Crippen molar-refractivity contribution in [3.63, 3.8) is 0 Å². The summed E-state index contributed by atoms with van der Waals surface area (Å²) in [6, 6.07) is 53.7. The number of fused-ring (bicyclic) bond motifs is 5. The summed E-state index contributed by atoms with van der Waals surface area (Å²) in [5.41, 5.74) is 7.94. The molecule has 9 aromatic rings. The Hall–Kier alpha value is -5.62. The Kier molecular flexibility index (Phi) is 6.29. The minimum Gasteiger partial charge on any atom is -0.208 e. The molecule has 0 unspecified atom stereocenters. The highest BCUT2D eigenvalue weighted by molar-refractivity contribution is 7.99. The van der Waals surface area contributed by atoms with Crippen LogP contribution in [0.4, 0.5) is 0 Å². The van der Waals surface area contributed by atoms with Crippen LogP contribution in [-0.2, 0) is 0 Å². The van der Waals surface area contributed by atoms with E-state index in [1.807, 2.05) is 59.5 Å². The van der Waals surface area contributed by atoms with E-state index < -0.39 is 0 Å². The van der Waals surface area contributed by atoms with Crippen molar-refractivity contribution in [3.05, 3.63) is 152 Å². The second-order valence-electron chi connectivity index (χ2n) is 12.0. The van der Waals surface area contributed by atoms with Crippen molar-refractivity contribution in [1.82, 2.24) is 15.0 Å². The molecule has 0 atom stereocenters. The van der Waals surface area contributed by atoms with Gasteiger partial charge in [-0.2, -0.15) is 0 Å². The van der Waals surface area contributed by atoms with Crippen LogP contribution in [0.1, 0.15) is 0 Å². The molecule has 0 saturated carbocycles. The highest BCUT2D eigenvalue weighted by Crippen LogP contribution is 2.52. The molecule has 2 aromatic heterocycles. The van der Waals surface area contributed by atoms with Gasteiger partial charge in [0.05, 0.1) is 0 Å². The molecule has 0 spiro atoms. The lowest BCUT2D eigenvalue weighted by molar-refractivity contribution is 1.08. The van der Waals surface area contributed by atoms with Gasteiger partial charge in [-0.25, -0.2) is 15.0 Å². The first-order valence-corrected chi connectivity index (χ1v) is 17.6. The number of hydrogen-bond donors (Lipinski definition) is 0. The van der Waals surface area contributed by atoms with Gasteiger partial charge in [-0.3, -0.25) is 0 Å². The minimum atomic E-state index is 0.665. The Morgan fingerprint density at radius 3 is 1.81 bits per heavy atom. The number of benzene rings is 7. The first-order chi connectivity index (χ1) is 23.8. The average molecular weight is 648 g/mol. The van der Waals surface area contributed by atoms with Crippen molar-refractivity contribution in [2.75, 3.05) is 0 Å². The van der Waals surface area contributed by atoms with Gasteiger partial charge >= 0.3 is 0 Å². The number of thiophene rings is 1. The number of aromatic nitrogens is 3. The van der Waals surface area contributed by atoms with Crippen molar-refractivity contribution in [3.8, 4) is 56.4 Å². The lowest BCUT2D eigenvalue weighted by atomic mass is 9.89. The standard InChI is InChI=1S/C43H25N3S2/c1-3-11-26(12-4-1)41-44-42(27-13-5-2-6-14-27)46-43(45-41)33-23-24-37-40-32(33)17-9-18-34(40)39-29(16-10-20-36(39)48-37)28-21-22-31-30-15-7-8-19-35(30)47-38(31)25-28/h1-25H. The van der Waals surface area contributed by atoms with E-state index in [1.54, 1.807) is 0 Å². The van der Waals surface area contributed by atoms with Crippen LogP contribution < -0.4 is 0 Å². The summed E-state index contributed by atoms with van der Waals surface area (Å²) in [5, 5.41) is 5.02. The maximum atomic E-state index is 5.08. The van der Waals surface area contributed by atoms with Gasteiger partial charge in [0.2, 0.25) is 0 Å². The predicted molar refractivity (Wildman–Crippen MR) is 202 cm³/mol. The molecule has 10 rings (SSSR count). The Morgan fingerprint density at radius 1 is 0.375 bits per heavy atom. The van der Waals surface area contributed by atoms with Gasteiger partial charge in [-0.15, -0.1) is 11.3 Å². The van der Waals surface area contributed by atoms with Crippen LogP contribution in [0.5, 0.6) is 0 Å². The molecule has 48 heavy (non-hydrogen) atoms. The maximum Gasteiger partial charge on any atom is 0.164 e. The fraction of sp³-hybridized carbons (Fsp3) is 0. The zero-order chi connectivity index (χ0) is 31.6. The summed E-state index contributed by atoms with van der Waals surface area (Å²) < 4.78 is 2.64. The highest BCUT2D eigenvalue weighted by atomic mass is 32.2. The number of rotatable bonds is 4. The van der Waals surface area contributed by atoms with E-state index in [4.69, 9.17) is 15.0 Å². The van der Waals surface area contributed by atoms with Crippen LogP contribution >= 0.6 is 23.1 Å². The van der Waals surface area contributed by atoms with Crippen LogP contribution in [0.2, 0.25) is 0 Å². The molecule has 0 bridgehead atoms. The third kappa shape index (κ3) is 4.39. The SMILES string of the molecule is c1ccc(-c2nc(-c3ccccc3)nc(-c3ccc4c5c(cccc35)-c3c(cccc3-c3ccc5c(c3)sc3ccccc35)S4)n2)cc1. The number of hydrogen-bond acceptors (Lipinski definition) is 5. The van der Waals surface area contributed by atoms with Gasteiger partial charge in [0.1, 0.15) is 0 Å². The Labute approximate surface area is 285 Å². The molecule has 0 saturated heterocycles. The van der Waals surface area contributed by atoms with E-state index in [0.717, 1.165) is 22.1 Å². The van der Waals surface area contributed by atoms with Gasteiger partial charge in [-0.1, -0.05) is 133 Å². The minimum absolute atomic E-state index is 0.665. The fourth-order valence-electron chi connectivity index (χ4n) is 6.94. The molecule has 0 N–H and O–H groups in total. The van der Waals surface area contributed by atoms with E-state index in [9.17, 15) is 0 Å². The van der Waals surface area contributed by atoms with Crippen LogP contribution in [0, 0.1) is 0 Å². The third-order valence-corrected chi connectivity index (χ3v) is 11.4. The monoisotopic (exact) mass is 647 g/mol. The summed E-state index contributed by atoms with van der Waals surface area (Å²) in [7, 11) is 0. The van der Waals surface area contributed by atoms with Gasteiger partial charge in [0.25, 0.3) is 0 Å². The molecule has 0 radical (unpaired) electrons. The van der Waals surface area contributed by atoms with Crippen molar-refractivity contribution in [2.24, 2.45) is 0 Å². The highest BCUT2D eigenvalue weighted by Gasteiger charge is 2.25. The van der Waals surface area contributed by atoms with Gasteiger partial charge in [0, 0.05) is 57.6 Å². The van der Waals surface area contributed by atoms with Gasteiger partial charge in [0.15, 0.2) is 17.5 Å².